The molecule has 1 aromatic heterocycles. The molecule has 2 aromatic rings. The Balaban J connectivity index is 1.96. The molecule has 0 saturated heterocycles. The summed E-state index contributed by atoms with van der Waals surface area (Å²) in [6.45, 7) is 7.43. The summed E-state index contributed by atoms with van der Waals surface area (Å²) < 4.78 is 5.93. The first-order chi connectivity index (χ1) is 14.1. The number of hydrogen-bond donors (Lipinski definition) is 3. The van der Waals surface area contributed by atoms with Crippen molar-refractivity contribution in [3.05, 3.63) is 41.2 Å². The summed E-state index contributed by atoms with van der Waals surface area (Å²) in [5.74, 6) is 1.05. The maximum Gasteiger partial charge on any atom is 0.236 e. The molecular weight excluding hydrogens is 388 g/mol. The fraction of sp³-hybridized carbons (Fsp3) is 0.381. The van der Waals surface area contributed by atoms with Gasteiger partial charge in [-0.1, -0.05) is 18.6 Å². The number of rotatable bonds is 6. The van der Waals surface area contributed by atoms with Crippen molar-refractivity contribution in [3.63, 3.8) is 0 Å². The first kappa shape index (κ1) is 20.9. The van der Waals surface area contributed by atoms with E-state index in [0.717, 1.165) is 25.7 Å². The normalized spacial score (nSPS) is 18.6. The quantitative estimate of drug-likeness (QED) is 0.493. The van der Waals surface area contributed by atoms with Gasteiger partial charge >= 0.3 is 0 Å². The Hall–Kier alpha value is -2.78. The average molecular weight is 410 g/mol. The minimum Gasteiger partial charge on any atom is -0.488 e. The Morgan fingerprint density at radius 1 is 1.31 bits per heavy atom. The van der Waals surface area contributed by atoms with Crippen molar-refractivity contribution in [1.82, 2.24) is 4.98 Å². The molecule has 2 atom stereocenters. The molecule has 7 nitrogen and oxygen atoms in total. The largest absolute Gasteiger partial charge is 0.488 e. The standard InChI is InChI=1S/C21H22N4O3S/c1-24-19-18(15(12-22)21(25-20(19)23)29-11-10-26)13-6-8-14(9-7-13)28-17-5-3-2-4-16(17)27/h6-9,16-17,26-27H,2-5,10-11H2,(H2,23,25)/t16-,17-/m0/s1. The number of hydrogen-bond acceptors (Lipinski definition) is 7. The van der Waals surface area contributed by atoms with Crippen molar-refractivity contribution in [2.75, 3.05) is 18.1 Å². The van der Waals surface area contributed by atoms with E-state index in [2.05, 4.69) is 15.9 Å². The highest BCUT2D eigenvalue weighted by atomic mass is 32.2. The summed E-state index contributed by atoms with van der Waals surface area (Å²) in [6, 6.07) is 9.21. The molecule has 8 heteroatoms. The van der Waals surface area contributed by atoms with Crippen LogP contribution in [0.15, 0.2) is 29.3 Å². The molecule has 1 aliphatic rings. The van der Waals surface area contributed by atoms with E-state index in [1.54, 1.807) is 24.3 Å². The highest BCUT2D eigenvalue weighted by molar-refractivity contribution is 7.99. The van der Waals surface area contributed by atoms with Gasteiger partial charge in [0.25, 0.3) is 0 Å². The molecule has 150 valence electrons. The van der Waals surface area contributed by atoms with Crippen molar-refractivity contribution < 1.29 is 14.9 Å². The SMILES string of the molecule is [C-]#[N+]c1c(N)nc(SCCO)c(C#N)c1-c1ccc(O[C@H]2CCCC[C@@H]2O)cc1. The first-order valence-electron chi connectivity index (χ1n) is 9.38. The van der Waals surface area contributed by atoms with Crippen LogP contribution in [0.1, 0.15) is 31.2 Å². The summed E-state index contributed by atoms with van der Waals surface area (Å²) in [6.07, 6.45) is 2.92. The second-order valence-electron chi connectivity index (χ2n) is 6.73. The zero-order valence-electron chi connectivity index (χ0n) is 15.8. The lowest BCUT2D eigenvalue weighted by atomic mass is 9.95. The third-order valence-electron chi connectivity index (χ3n) is 4.82. The molecule has 0 bridgehead atoms. The van der Waals surface area contributed by atoms with Crippen LogP contribution < -0.4 is 10.5 Å². The van der Waals surface area contributed by atoms with Gasteiger partial charge in [-0.15, -0.1) is 11.8 Å². The number of aliphatic hydroxyl groups is 2. The number of benzene rings is 1. The molecule has 1 fully saturated rings. The Labute approximate surface area is 174 Å². The molecule has 4 N–H and O–H groups in total. The van der Waals surface area contributed by atoms with Crippen molar-refractivity contribution in [3.8, 4) is 22.9 Å². The number of nitrogens with zero attached hydrogens (tertiary/aromatic N) is 3. The number of thioether (sulfide) groups is 1. The first-order valence-corrected chi connectivity index (χ1v) is 10.4. The summed E-state index contributed by atoms with van der Waals surface area (Å²) in [4.78, 5) is 7.67. The molecule has 1 aromatic carbocycles. The number of anilines is 1. The van der Waals surface area contributed by atoms with Crippen LogP contribution in [-0.4, -0.2) is 39.8 Å². The average Bonchev–Trinajstić information content (AvgIpc) is 2.74. The topological polar surface area (TPSA) is 117 Å². The van der Waals surface area contributed by atoms with E-state index in [0.29, 0.717) is 27.7 Å². The summed E-state index contributed by atoms with van der Waals surface area (Å²) in [5.41, 5.74) is 7.45. The van der Waals surface area contributed by atoms with Gasteiger partial charge in [-0.05, 0) is 37.0 Å². The lowest BCUT2D eigenvalue weighted by Crippen LogP contribution is -2.34. The van der Waals surface area contributed by atoms with Crippen molar-refractivity contribution in [2.24, 2.45) is 0 Å². The Morgan fingerprint density at radius 3 is 2.66 bits per heavy atom. The second kappa shape index (κ2) is 9.62. The minimum atomic E-state index is -0.464. The summed E-state index contributed by atoms with van der Waals surface area (Å²) in [5, 5.41) is 29.3. The van der Waals surface area contributed by atoms with Crippen LogP contribution in [0.5, 0.6) is 5.75 Å². The summed E-state index contributed by atoms with van der Waals surface area (Å²) >= 11 is 1.22. The third kappa shape index (κ3) is 4.63. The van der Waals surface area contributed by atoms with Gasteiger partial charge < -0.3 is 20.7 Å². The number of nitrogen functional groups attached to an aromatic ring is 1. The van der Waals surface area contributed by atoms with Crippen LogP contribution in [0.3, 0.4) is 0 Å². The van der Waals surface area contributed by atoms with Crippen LogP contribution in [-0.2, 0) is 0 Å². The highest BCUT2D eigenvalue weighted by Gasteiger charge is 2.25. The van der Waals surface area contributed by atoms with E-state index in [9.17, 15) is 10.4 Å². The van der Waals surface area contributed by atoms with Gasteiger partial charge in [0, 0.05) is 11.3 Å². The Morgan fingerprint density at radius 2 is 2.03 bits per heavy atom. The molecule has 1 heterocycles. The van der Waals surface area contributed by atoms with Gasteiger partial charge in [0.15, 0.2) is 0 Å². The Bertz CT molecular complexity index is 950. The maximum atomic E-state index is 10.1. The predicted octanol–water partition coefficient (Wildman–Crippen LogP) is 3.52. The fourth-order valence-electron chi connectivity index (χ4n) is 3.41. The van der Waals surface area contributed by atoms with E-state index in [1.807, 2.05) is 0 Å². The van der Waals surface area contributed by atoms with Gasteiger partial charge in [0.1, 0.15) is 28.8 Å². The van der Waals surface area contributed by atoms with Crippen molar-refractivity contribution in [2.45, 2.75) is 42.9 Å². The lowest BCUT2D eigenvalue weighted by Gasteiger charge is -2.28. The van der Waals surface area contributed by atoms with E-state index in [1.165, 1.54) is 11.8 Å². The number of pyridine rings is 1. The lowest BCUT2D eigenvalue weighted by molar-refractivity contribution is 0.00688. The van der Waals surface area contributed by atoms with E-state index in [-0.39, 0.29) is 29.8 Å². The van der Waals surface area contributed by atoms with Gasteiger partial charge in [-0.3, -0.25) is 0 Å². The van der Waals surface area contributed by atoms with E-state index >= 15 is 0 Å². The highest BCUT2D eigenvalue weighted by Crippen LogP contribution is 2.41. The molecule has 0 aliphatic heterocycles. The molecule has 0 radical (unpaired) electrons. The molecular formula is C21H22N4O3S. The van der Waals surface area contributed by atoms with Crippen LogP contribution in [0.4, 0.5) is 11.5 Å². The second-order valence-corrected chi connectivity index (χ2v) is 7.81. The van der Waals surface area contributed by atoms with Crippen molar-refractivity contribution in [1.29, 1.82) is 5.26 Å². The van der Waals surface area contributed by atoms with Crippen molar-refractivity contribution >= 4 is 23.3 Å². The van der Waals surface area contributed by atoms with Crippen LogP contribution in [0.2, 0.25) is 0 Å². The third-order valence-corrected chi connectivity index (χ3v) is 5.77. The number of nitrogens with two attached hydrogens (primary N) is 1. The molecule has 29 heavy (non-hydrogen) atoms. The zero-order chi connectivity index (χ0) is 20.8. The van der Waals surface area contributed by atoms with E-state index < -0.39 is 6.10 Å². The molecule has 1 aliphatic carbocycles. The number of nitriles is 1. The van der Waals surface area contributed by atoms with Crippen LogP contribution >= 0.6 is 11.8 Å². The molecule has 1 saturated carbocycles. The molecule has 0 amide bonds. The van der Waals surface area contributed by atoms with Gasteiger partial charge in [0.2, 0.25) is 5.69 Å². The molecule has 0 spiro atoms. The van der Waals surface area contributed by atoms with E-state index in [4.69, 9.17) is 22.1 Å². The number of aliphatic hydroxyl groups excluding tert-OH is 2. The van der Waals surface area contributed by atoms with Crippen LogP contribution in [0, 0.1) is 17.9 Å². The minimum absolute atomic E-state index is 0.0556. The van der Waals surface area contributed by atoms with Gasteiger partial charge in [-0.2, -0.15) is 5.26 Å². The number of ether oxygens (including phenoxy) is 1. The maximum absolute atomic E-state index is 10.1. The molecule has 0 unspecified atom stereocenters. The predicted molar refractivity (Wildman–Crippen MR) is 112 cm³/mol. The van der Waals surface area contributed by atoms with Crippen LogP contribution in [0.25, 0.3) is 16.0 Å². The smallest absolute Gasteiger partial charge is 0.236 e. The van der Waals surface area contributed by atoms with Gasteiger partial charge in [0.05, 0.1) is 24.8 Å². The number of aromatic nitrogens is 1. The van der Waals surface area contributed by atoms with Gasteiger partial charge in [-0.25, -0.2) is 9.83 Å². The fourth-order valence-corrected chi connectivity index (χ4v) is 4.15. The zero-order valence-corrected chi connectivity index (χ0v) is 16.7. The monoisotopic (exact) mass is 410 g/mol. The summed E-state index contributed by atoms with van der Waals surface area (Å²) in [7, 11) is 0. The molecule has 3 rings (SSSR count). The Kier molecular flexibility index (Phi) is 6.95.